The van der Waals surface area contributed by atoms with Gasteiger partial charge in [-0.05, 0) is 30.0 Å². The molecule has 0 fully saturated rings. The monoisotopic (exact) mass is 298 g/mol. The lowest BCUT2D eigenvalue weighted by Crippen LogP contribution is -2.15. The Bertz CT molecular complexity index is 413. The van der Waals surface area contributed by atoms with Crippen LogP contribution in [0.3, 0.4) is 0 Å². The molecule has 3 heteroatoms. The van der Waals surface area contributed by atoms with Gasteiger partial charge in [0.05, 0.1) is 12.7 Å². The quantitative estimate of drug-likeness (QED) is 0.759. The smallest absolute Gasteiger partial charge is 0.166 e. The molecule has 94 valence electrons. The molecule has 1 aromatic carbocycles. The van der Waals surface area contributed by atoms with Crippen LogP contribution in [0, 0.1) is 0 Å². The van der Waals surface area contributed by atoms with Gasteiger partial charge in [-0.15, -0.1) is 0 Å². The Morgan fingerprint density at radius 2 is 2.00 bits per heavy atom. The first-order valence-corrected chi connectivity index (χ1v) is 6.83. The maximum absolute atomic E-state index is 11.8. The van der Waals surface area contributed by atoms with E-state index in [2.05, 4.69) is 22.9 Å². The molecule has 0 aliphatic heterocycles. The van der Waals surface area contributed by atoms with Crippen molar-refractivity contribution in [2.45, 2.75) is 39.5 Å². The number of rotatable bonds is 1. The van der Waals surface area contributed by atoms with E-state index in [1.807, 2.05) is 26.0 Å². The van der Waals surface area contributed by atoms with E-state index in [9.17, 15) is 4.79 Å². The second-order valence-electron chi connectivity index (χ2n) is 3.94. The maximum Gasteiger partial charge on any atom is 0.166 e. The highest BCUT2D eigenvalue weighted by atomic mass is 79.9. The van der Waals surface area contributed by atoms with Crippen LogP contribution in [0.5, 0.6) is 5.75 Å². The highest BCUT2D eigenvalue weighted by molar-refractivity contribution is 9.10. The molecule has 0 saturated carbocycles. The maximum atomic E-state index is 11.8. The van der Waals surface area contributed by atoms with Crippen LogP contribution in [0.25, 0.3) is 0 Å². The second-order valence-corrected chi connectivity index (χ2v) is 4.85. The molecule has 17 heavy (non-hydrogen) atoms. The molecule has 1 atom stereocenters. The summed E-state index contributed by atoms with van der Waals surface area (Å²) in [6.07, 6.45) is 1.57. The third kappa shape index (κ3) is 2.89. The molecule has 1 unspecified atom stereocenters. The summed E-state index contributed by atoms with van der Waals surface area (Å²) in [5, 5.41) is 0. The van der Waals surface area contributed by atoms with Gasteiger partial charge in [-0.1, -0.05) is 36.7 Å². The molecule has 0 aromatic heterocycles. The Morgan fingerprint density at radius 1 is 1.35 bits per heavy atom. The predicted octanol–water partition coefficient (Wildman–Crippen LogP) is 4.56. The van der Waals surface area contributed by atoms with Crippen LogP contribution in [0.4, 0.5) is 0 Å². The van der Waals surface area contributed by atoms with Crippen LogP contribution in [-0.4, -0.2) is 12.9 Å². The summed E-state index contributed by atoms with van der Waals surface area (Å²) in [4.78, 5) is 11.8. The van der Waals surface area contributed by atoms with E-state index < -0.39 is 0 Å². The molecule has 0 saturated heterocycles. The first-order chi connectivity index (χ1) is 8.13. The van der Waals surface area contributed by atoms with Crippen LogP contribution >= 0.6 is 15.9 Å². The number of methoxy groups -OCH3 is 1. The Balaban J connectivity index is 0.000000686. The van der Waals surface area contributed by atoms with E-state index in [1.54, 1.807) is 7.11 Å². The van der Waals surface area contributed by atoms with E-state index in [-0.39, 0.29) is 5.78 Å². The fourth-order valence-electron chi connectivity index (χ4n) is 2.08. The molecule has 1 aliphatic rings. The lowest BCUT2D eigenvalue weighted by atomic mass is 9.83. The third-order valence-corrected chi connectivity index (χ3v) is 3.39. The van der Waals surface area contributed by atoms with Crippen molar-refractivity contribution in [3.63, 3.8) is 0 Å². The molecule has 2 nitrogen and oxygen atoms in total. The van der Waals surface area contributed by atoms with Gasteiger partial charge in [-0.2, -0.15) is 0 Å². The standard InChI is InChI=1S/C12H13BrO2.C2H6/c1-7-3-4-10(14)12-9(7)5-8(13)6-11(12)15-2;1-2/h5-7H,3-4H2,1-2H3;1-2H3. The number of hydrogen-bond donors (Lipinski definition) is 0. The molecule has 1 aromatic rings. The number of ketones is 1. The number of benzene rings is 1. The van der Waals surface area contributed by atoms with Gasteiger partial charge in [-0.3, -0.25) is 4.79 Å². The van der Waals surface area contributed by atoms with E-state index in [4.69, 9.17) is 4.74 Å². The van der Waals surface area contributed by atoms with Crippen LogP contribution in [0.2, 0.25) is 0 Å². The fraction of sp³-hybridized carbons (Fsp3) is 0.500. The average Bonchev–Trinajstić information content (AvgIpc) is 2.35. The van der Waals surface area contributed by atoms with Gasteiger partial charge in [0.1, 0.15) is 5.75 Å². The van der Waals surface area contributed by atoms with Gasteiger partial charge < -0.3 is 4.74 Å². The van der Waals surface area contributed by atoms with Gasteiger partial charge in [0.25, 0.3) is 0 Å². The lowest BCUT2D eigenvalue weighted by Gasteiger charge is -2.23. The minimum absolute atomic E-state index is 0.201. The van der Waals surface area contributed by atoms with E-state index in [0.717, 1.165) is 22.0 Å². The first-order valence-electron chi connectivity index (χ1n) is 6.04. The van der Waals surface area contributed by atoms with Crippen LogP contribution < -0.4 is 4.74 Å². The number of Topliss-reactive ketones (excluding diaryl/α,β-unsaturated/α-hetero) is 1. The number of carbonyl (C=O) groups is 1. The van der Waals surface area contributed by atoms with Crippen molar-refractivity contribution in [3.8, 4) is 5.75 Å². The van der Waals surface area contributed by atoms with Gasteiger partial charge in [0.2, 0.25) is 0 Å². The zero-order chi connectivity index (χ0) is 13.0. The van der Waals surface area contributed by atoms with Crippen LogP contribution in [0.1, 0.15) is 55.5 Å². The molecule has 2 rings (SSSR count). The fourth-order valence-corrected chi connectivity index (χ4v) is 2.53. The molecule has 0 N–H and O–H groups in total. The van der Waals surface area contributed by atoms with Gasteiger partial charge in [-0.25, -0.2) is 0 Å². The Morgan fingerprint density at radius 3 is 2.59 bits per heavy atom. The summed E-state index contributed by atoms with van der Waals surface area (Å²) < 4.78 is 6.23. The van der Waals surface area contributed by atoms with Crippen LogP contribution in [0.15, 0.2) is 16.6 Å². The SMILES string of the molecule is CC.COc1cc(Br)cc2c1C(=O)CCC2C. The van der Waals surface area contributed by atoms with Crippen molar-refractivity contribution < 1.29 is 9.53 Å². The second kappa shape index (κ2) is 6.20. The first kappa shape index (κ1) is 14.2. The largest absolute Gasteiger partial charge is 0.496 e. The van der Waals surface area contributed by atoms with Gasteiger partial charge >= 0.3 is 0 Å². The molecule has 0 amide bonds. The Kier molecular flexibility index (Phi) is 5.19. The van der Waals surface area contributed by atoms with Gasteiger partial charge in [0, 0.05) is 10.9 Å². The third-order valence-electron chi connectivity index (χ3n) is 2.93. The lowest BCUT2D eigenvalue weighted by molar-refractivity contribution is 0.0964. The minimum Gasteiger partial charge on any atom is -0.496 e. The van der Waals surface area contributed by atoms with E-state index in [0.29, 0.717) is 18.1 Å². The normalized spacial score (nSPS) is 17.9. The van der Waals surface area contributed by atoms with Gasteiger partial charge in [0.15, 0.2) is 5.78 Å². The van der Waals surface area contributed by atoms with E-state index in [1.165, 1.54) is 0 Å². The zero-order valence-electron chi connectivity index (χ0n) is 10.8. The summed E-state index contributed by atoms with van der Waals surface area (Å²) in [7, 11) is 1.61. The number of hydrogen-bond acceptors (Lipinski definition) is 2. The number of halogens is 1. The number of ether oxygens (including phenoxy) is 1. The van der Waals surface area contributed by atoms with Crippen molar-refractivity contribution in [1.29, 1.82) is 0 Å². The Labute approximate surface area is 111 Å². The average molecular weight is 299 g/mol. The summed E-state index contributed by atoms with van der Waals surface area (Å²) in [6, 6.07) is 3.88. The Hall–Kier alpha value is -0.830. The van der Waals surface area contributed by atoms with Crippen molar-refractivity contribution in [3.05, 3.63) is 27.7 Å². The molecule has 1 aliphatic carbocycles. The molecule has 0 radical (unpaired) electrons. The van der Waals surface area contributed by atoms with Crippen molar-refractivity contribution in [2.24, 2.45) is 0 Å². The number of carbonyl (C=O) groups excluding carboxylic acids is 1. The van der Waals surface area contributed by atoms with Crippen LogP contribution in [-0.2, 0) is 0 Å². The highest BCUT2D eigenvalue weighted by Crippen LogP contribution is 2.38. The number of fused-ring (bicyclic) bond motifs is 1. The highest BCUT2D eigenvalue weighted by Gasteiger charge is 2.26. The molecular weight excluding hydrogens is 280 g/mol. The molecular formula is C14H19BrO2. The van der Waals surface area contributed by atoms with E-state index >= 15 is 0 Å². The minimum atomic E-state index is 0.201. The zero-order valence-corrected chi connectivity index (χ0v) is 12.4. The van der Waals surface area contributed by atoms with Crippen molar-refractivity contribution >= 4 is 21.7 Å². The summed E-state index contributed by atoms with van der Waals surface area (Å²) in [5.74, 6) is 1.33. The molecule has 0 heterocycles. The molecule has 0 spiro atoms. The molecule has 0 bridgehead atoms. The predicted molar refractivity (Wildman–Crippen MR) is 74.0 cm³/mol. The van der Waals surface area contributed by atoms with Crippen molar-refractivity contribution in [1.82, 2.24) is 0 Å². The topological polar surface area (TPSA) is 26.3 Å². The summed E-state index contributed by atoms with van der Waals surface area (Å²) in [6.45, 7) is 6.15. The van der Waals surface area contributed by atoms with Crippen molar-refractivity contribution in [2.75, 3.05) is 7.11 Å². The summed E-state index contributed by atoms with van der Waals surface area (Å²) in [5.41, 5.74) is 1.89. The summed E-state index contributed by atoms with van der Waals surface area (Å²) >= 11 is 3.44.